The normalized spacial score (nSPS) is 16.3. The van der Waals surface area contributed by atoms with Crippen LogP contribution < -0.4 is 15.4 Å². The van der Waals surface area contributed by atoms with Crippen LogP contribution in [0.5, 0.6) is 5.75 Å². The number of hydrogen-bond acceptors (Lipinski definition) is 2. The van der Waals surface area contributed by atoms with Gasteiger partial charge in [0, 0.05) is 19.2 Å². The lowest BCUT2D eigenvalue weighted by molar-refractivity contribution is 0.405. The minimum atomic E-state index is 0.143. The van der Waals surface area contributed by atoms with E-state index in [-0.39, 0.29) is 6.04 Å². The zero-order valence-electron chi connectivity index (χ0n) is 14.3. The van der Waals surface area contributed by atoms with Gasteiger partial charge < -0.3 is 15.4 Å². The Morgan fingerprint density at radius 3 is 2.82 bits per heavy atom. The quantitative estimate of drug-likeness (QED) is 0.461. The maximum Gasteiger partial charge on any atom is 0.191 e. The molecule has 122 valence electrons. The Morgan fingerprint density at radius 1 is 1.41 bits per heavy atom. The van der Waals surface area contributed by atoms with Crippen molar-refractivity contribution in [3.8, 4) is 5.75 Å². The van der Waals surface area contributed by atoms with Gasteiger partial charge in [-0.25, -0.2) is 0 Å². The number of hydrogen-bond donors (Lipinski definition) is 2. The summed E-state index contributed by atoms with van der Waals surface area (Å²) < 4.78 is 5.47. The molecule has 1 saturated carbocycles. The van der Waals surface area contributed by atoms with Gasteiger partial charge in [-0.3, -0.25) is 4.99 Å². The molecule has 1 fully saturated rings. The van der Waals surface area contributed by atoms with Crippen LogP contribution in [0.25, 0.3) is 0 Å². The number of ether oxygens (including phenoxy) is 1. The first kappa shape index (κ1) is 16.7. The molecule has 1 aliphatic rings. The molecular formula is C18H29N3O. The smallest absolute Gasteiger partial charge is 0.191 e. The lowest BCUT2D eigenvalue weighted by atomic mass is 10.0. The summed E-state index contributed by atoms with van der Waals surface area (Å²) in [6.07, 6.45) is 5.41. The van der Waals surface area contributed by atoms with Crippen molar-refractivity contribution in [3.05, 3.63) is 29.3 Å². The maximum atomic E-state index is 5.47. The molecule has 0 radical (unpaired) electrons. The van der Waals surface area contributed by atoms with Gasteiger partial charge in [-0.1, -0.05) is 30.5 Å². The third kappa shape index (κ3) is 4.93. The molecule has 0 spiro atoms. The maximum absolute atomic E-state index is 5.47. The molecule has 0 amide bonds. The number of aliphatic imine (C=N–C) groups is 1. The summed E-state index contributed by atoms with van der Waals surface area (Å²) in [5.41, 5.74) is 2.39. The first-order valence-electron chi connectivity index (χ1n) is 8.25. The number of rotatable bonds is 7. The van der Waals surface area contributed by atoms with E-state index < -0.39 is 0 Å². The summed E-state index contributed by atoms with van der Waals surface area (Å²) in [5, 5.41) is 6.85. The van der Waals surface area contributed by atoms with Crippen LogP contribution in [0.1, 0.15) is 49.8 Å². The summed E-state index contributed by atoms with van der Waals surface area (Å²) in [7, 11) is 3.53. The largest absolute Gasteiger partial charge is 0.496 e. The molecule has 4 nitrogen and oxygen atoms in total. The van der Waals surface area contributed by atoms with E-state index in [1.54, 1.807) is 7.11 Å². The molecule has 0 aromatic heterocycles. The van der Waals surface area contributed by atoms with Crippen molar-refractivity contribution in [2.75, 3.05) is 20.7 Å². The van der Waals surface area contributed by atoms with Gasteiger partial charge in [0.1, 0.15) is 5.75 Å². The van der Waals surface area contributed by atoms with Crippen LogP contribution in [0.15, 0.2) is 23.2 Å². The lowest BCUT2D eigenvalue weighted by Gasteiger charge is -2.20. The van der Waals surface area contributed by atoms with Gasteiger partial charge in [0.05, 0.1) is 13.2 Å². The minimum Gasteiger partial charge on any atom is -0.496 e. The standard InChI is InChI=1S/C18H29N3O/c1-13-7-10-17(22-4)16(12-13)14(2)21-18(19-3)20-11-5-6-15-8-9-15/h7,10,12,14-15H,5-6,8-9,11H2,1-4H3,(H2,19,20,21). The predicted octanol–water partition coefficient (Wildman–Crippen LogP) is 3.42. The Labute approximate surface area is 134 Å². The monoisotopic (exact) mass is 303 g/mol. The summed E-state index contributed by atoms with van der Waals surface area (Å²) in [4.78, 5) is 4.32. The second-order valence-corrected chi connectivity index (χ2v) is 6.20. The van der Waals surface area contributed by atoms with E-state index in [2.05, 4.69) is 41.6 Å². The molecule has 0 bridgehead atoms. The van der Waals surface area contributed by atoms with Gasteiger partial charge in [-0.15, -0.1) is 0 Å². The van der Waals surface area contributed by atoms with Crippen LogP contribution in [-0.2, 0) is 0 Å². The number of benzene rings is 1. The first-order valence-corrected chi connectivity index (χ1v) is 8.25. The summed E-state index contributed by atoms with van der Waals surface area (Å²) in [5.74, 6) is 2.76. The highest BCUT2D eigenvalue weighted by Gasteiger charge is 2.20. The van der Waals surface area contributed by atoms with Crippen molar-refractivity contribution in [3.63, 3.8) is 0 Å². The summed E-state index contributed by atoms with van der Waals surface area (Å²) in [6.45, 7) is 5.21. The van der Waals surface area contributed by atoms with Crippen LogP contribution >= 0.6 is 0 Å². The number of methoxy groups -OCH3 is 1. The van der Waals surface area contributed by atoms with Crippen LogP contribution in [0.4, 0.5) is 0 Å². The second-order valence-electron chi connectivity index (χ2n) is 6.20. The molecule has 4 heteroatoms. The number of aryl methyl sites for hydroxylation is 1. The van der Waals surface area contributed by atoms with Gasteiger partial charge in [0.2, 0.25) is 0 Å². The van der Waals surface area contributed by atoms with E-state index in [1.807, 2.05) is 13.1 Å². The molecule has 1 unspecified atom stereocenters. The number of nitrogens with one attached hydrogen (secondary N) is 2. The predicted molar refractivity (Wildman–Crippen MR) is 92.6 cm³/mol. The van der Waals surface area contributed by atoms with Crippen LogP contribution in [-0.4, -0.2) is 26.7 Å². The van der Waals surface area contributed by atoms with Gasteiger partial charge in [0.15, 0.2) is 5.96 Å². The molecule has 2 N–H and O–H groups in total. The van der Waals surface area contributed by atoms with Crippen molar-refractivity contribution >= 4 is 5.96 Å². The van der Waals surface area contributed by atoms with E-state index in [9.17, 15) is 0 Å². The molecule has 0 aliphatic heterocycles. The SMILES string of the molecule is CN=C(NCCCC1CC1)NC(C)c1cc(C)ccc1OC. The third-order valence-electron chi connectivity index (χ3n) is 4.21. The van der Waals surface area contributed by atoms with E-state index in [0.29, 0.717) is 0 Å². The van der Waals surface area contributed by atoms with Crippen molar-refractivity contribution in [2.24, 2.45) is 10.9 Å². The topological polar surface area (TPSA) is 45.7 Å². The molecular weight excluding hydrogens is 274 g/mol. The molecule has 1 aromatic carbocycles. The van der Waals surface area contributed by atoms with Crippen molar-refractivity contribution < 1.29 is 4.74 Å². The van der Waals surface area contributed by atoms with Crippen LogP contribution in [0.2, 0.25) is 0 Å². The van der Waals surface area contributed by atoms with Crippen molar-refractivity contribution in [1.82, 2.24) is 10.6 Å². The number of nitrogens with zero attached hydrogens (tertiary/aromatic N) is 1. The van der Waals surface area contributed by atoms with Gasteiger partial charge in [0.25, 0.3) is 0 Å². The molecule has 0 saturated heterocycles. The van der Waals surface area contributed by atoms with E-state index in [0.717, 1.165) is 29.7 Å². The Bertz CT molecular complexity index is 509. The highest BCUT2D eigenvalue weighted by Crippen LogP contribution is 2.33. The summed E-state index contributed by atoms with van der Waals surface area (Å²) >= 11 is 0. The number of guanidine groups is 1. The van der Waals surface area contributed by atoms with Gasteiger partial charge >= 0.3 is 0 Å². The summed E-state index contributed by atoms with van der Waals surface area (Å²) in [6, 6.07) is 6.40. The Balaban J connectivity index is 1.87. The molecule has 1 aromatic rings. The Hall–Kier alpha value is -1.71. The Kier molecular flexibility index (Phi) is 6.10. The average Bonchev–Trinajstić information content (AvgIpc) is 3.34. The van der Waals surface area contributed by atoms with Crippen molar-refractivity contribution in [1.29, 1.82) is 0 Å². The molecule has 0 heterocycles. The van der Waals surface area contributed by atoms with E-state index in [1.165, 1.54) is 31.2 Å². The minimum absolute atomic E-state index is 0.143. The van der Waals surface area contributed by atoms with Crippen molar-refractivity contribution in [2.45, 2.75) is 45.6 Å². The van der Waals surface area contributed by atoms with E-state index in [4.69, 9.17) is 4.74 Å². The zero-order valence-corrected chi connectivity index (χ0v) is 14.3. The second kappa shape index (κ2) is 8.06. The van der Waals surface area contributed by atoms with Crippen LogP contribution in [0.3, 0.4) is 0 Å². The fourth-order valence-corrected chi connectivity index (χ4v) is 2.67. The highest BCUT2D eigenvalue weighted by molar-refractivity contribution is 5.80. The Morgan fingerprint density at radius 2 is 2.18 bits per heavy atom. The molecule has 22 heavy (non-hydrogen) atoms. The molecule has 2 rings (SSSR count). The third-order valence-corrected chi connectivity index (χ3v) is 4.21. The molecule has 1 aliphatic carbocycles. The fraction of sp³-hybridized carbons (Fsp3) is 0.611. The zero-order chi connectivity index (χ0) is 15.9. The fourth-order valence-electron chi connectivity index (χ4n) is 2.67. The van der Waals surface area contributed by atoms with Gasteiger partial charge in [-0.2, -0.15) is 0 Å². The molecule has 1 atom stereocenters. The first-order chi connectivity index (χ1) is 10.6. The van der Waals surface area contributed by atoms with Crippen LogP contribution in [0, 0.1) is 12.8 Å². The van der Waals surface area contributed by atoms with E-state index >= 15 is 0 Å². The van der Waals surface area contributed by atoms with Gasteiger partial charge in [-0.05, 0) is 38.7 Å². The average molecular weight is 303 g/mol. The highest BCUT2D eigenvalue weighted by atomic mass is 16.5. The lowest BCUT2D eigenvalue weighted by Crippen LogP contribution is -2.39.